The molecule has 0 fully saturated rings. The Labute approximate surface area is 114 Å². The van der Waals surface area contributed by atoms with Gasteiger partial charge in [0.05, 0.1) is 20.0 Å². The zero-order chi connectivity index (χ0) is 14.5. The summed E-state index contributed by atoms with van der Waals surface area (Å²) in [7, 11) is 0.213. The van der Waals surface area contributed by atoms with E-state index in [0.29, 0.717) is 18.0 Å². The van der Waals surface area contributed by atoms with Gasteiger partial charge < -0.3 is 14.8 Å². The predicted octanol–water partition coefficient (Wildman–Crippen LogP) is 1.23. The molecule has 1 aromatic rings. The number of sulfone groups is 1. The Bertz CT molecular complexity index is 513. The minimum absolute atomic E-state index is 0.0944. The second-order valence-electron chi connectivity index (χ2n) is 4.56. The van der Waals surface area contributed by atoms with E-state index in [1.165, 1.54) is 6.26 Å². The Balaban J connectivity index is 2.63. The standard InChI is InChI=1S/C13H21NO4S/c1-10(9-19(4,15)16)14-8-11-5-6-12(17-2)13(7-11)18-3/h5-7,10,14H,8-9H2,1-4H3. The van der Waals surface area contributed by atoms with Crippen molar-refractivity contribution in [2.45, 2.75) is 19.5 Å². The van der Waals surface area contributed by atoms with Gasteiger partial charge in [0.25, 0.3) is 0 Å². The third-order valence-corrected chi connectivity index (χ3v) is 3.76. The van der Waals surface area contributed by atoms with Crippen LogP contribution in [0, 0.1) is 0 Å². The van der Waals surface area contributed by atoms with Gasteiger partial charge in [-0.15, -0.1) is 0 Å². The lowest BCUT2D eigenvalue weighted by molar-refractivity contribution is 0.354. The molecule has 0 heterocycles. The van der Waals surface area contributed by atoms with Crippen LogP contribution in [-0.4, -0.2) is 40.7 Å². The van der Waals surface area contributed by atoms with Crippen molar-refractivity contribution in [3.05, 3.63) is 23.8 Å². The Morgan fingerprint density at radius 3 is 2.37 bits per heavy atom. The SMILES string of the molecule is COc1ccc(CNC(C)CS(C)(=O)=O)cc1OC. The van der Waals surface area contributed by atoms with Gasteiger partial charge in [-0.05, 0) is 24.6 Å². The van der Waals surface area contributed by atoms with Crippen molar-refractivity contribution in [2.24, 2.45) is 0 Å². The van der Waals surface area contributed by atoms with E-state index in [0.717, 1.165) is 5.56 Å². The van der Waals surface area contributed by atoms with Gasteiger partial charge in [-0.2, -0.15) is 0 Å². The van der Waals surface area contributed by atoms with E-state index in [2.05, 4.69) is 5.32 Å². The highest BCUT2D eigenvalue weighted by molar-refractivity contribution is 7.90. The van der Waals surface area contributed by atoms with Gasteiger partial charge in [0.1, 0.15) is 9.84 Å². The molecular weight excluding hydrogens is 266 g/mol. The summed E-state index contributed by atoms with van der Waals surface area (Å²) in [5.74, 6) is 1.47. The van der Waals surface area contributed by atoms with Crippen molar-refractivity contribution in [3.63, 3.8) is 0 Å². The van der Waals surface area contributed by atoms with Crippen molar-refractivity contribution in [3.8, 4) is 11.5 Å². The molecule has 0 radical (unpaired) electrons. The average Bonchev–Trinajstić information content (AvgIpc) is 2.33. The van der Waals surface area contributed by atoms with Crippen LogP contribution >= 0.6 is 0 Å². The van der Waals surface area contributed by atoms with Gasteiger partial charge in [-0.3, -0.25) is 0 Å². The maximum absolute atomic E-state index is 11.2. The summed E-state index contributed by atoms with van der Waals surface area (Å²) in [6, 6.07) is 5.53. The lowest BCUT2D eigenvalue weighted by atomic mass is 10.2. The molecule has 0 spiro atoms. The smallest absolute Gasteiger partial charge is 0.161 e. The molecule has 1 aromatic carbocycles. The summed E-state index contributed by atoms with van der Waals surface area (Å²) in [4.78, 5) is 0. The van der Waals surface area contributed by atoms with Gasteiger partial charge in [0, 0.05) is 18.8 Å². The van der Waals surface area contributed by atoms with Crippen LogP contribution in [0.25, 0.3) is 0 Å². The van der Waals surface area contributed by atoms with Crippen LogP contribution in [0.4, 0.5) is 0 Å². The van der Waals surface area contributed by atoms with Gasteiger partial charge >= 0.3 is 0 Å². The molecule has 0 bridgehead atoms. The van der Waals surface area contributed by atoms with Crippen molar-refractivity contribution < 1.29 is 17.9 Å². The molecule has 19 heavy (non-hydrogen) atoms. The van der Waals surface area contributed by atoms with E-state index >= 15 is 0 Å². The number of hydrogen-bond donors (Lipinski definition) is 1. The molecule has 0 saturated heterocycles. The molecular formula is C13H21NO4S. The molecule has 1 rings (SSSR count). The van der Waals surface area contributed by atoms with Crippen molar-refractivity contribution in [1.82, 2.24) is 5.32 Å². The van der Waals surface area contributed by atoms with E-state index < -0.39 is 9.84 Å². The quantitative estimate of drug-likeness (QED) is 0.817. The van der Waals surface area contributed by atoms with Crippen LogP contribution in [-0.2, 0) is 16.4 Å². The van der Waals surface area contributed by atoms with E-state index in [4.69, 9.17) is 9.47 Å². The lowest BCUT2D eigenvalue weighted by Crippen LogP contribution is -2.32. The summed E-state index contributed by atoms with van der Waals surface area (Å²) < 4.78 is 32.7. The number of methoxy groups -OCH3 is 2. The largest absolute Gasteiger partial charge is 0.493 e. The van der Waals surface area contributed by atoms with Crippen LogP contribution in [0.5, 0.6) is 11.5 Å². The minimum Gasteiger partial charge on any atom is -0.493 e. The number of rotatable bonds is 7. The van der Waals surface area contributed by atoms with Crippen LogP contribution in [0.1, 0.15) is 12.5 Å². The Morgan fingerprint density at radius 1 is 1.21 bits per heavy atom. The van der Waals surface area contributed by atoms with Crippen molar-refractivity contribution in [1.29, 1.82) is 0 Å². The number of hydrogen-bond acceptors (Lipinski definition) is 5. The third kappa shape index (κ3) is 5.48. The van der Waals surface area contributed by atoms with Crippen LogP contribution in [0.2, 0.25) is 0 Å². The van der Waals surface area contributed by atoms with Crippen LogP contribution < -0.4 is 14.8 Å². The maximum atomic E-state index is 11.2. The van der Waals surface area contributed by atoms with Gasteiger partial charge in [0.15, 0.2) is 11.5 Å². The molecule has 0 aliphatic heterocycles. The van der Waals surface area contributed by atoms with Gasteiger partial charge in [-0.25, -0.2) is 8.42 Å². The Hall–Kier alpha value is -1.27. The molecule has 1 N–H and O–H groups in total. The fraction of sp³-hybridized carbons (Fsp3) is 0.538. The van der Waals surface area contributed by atoms with E-state index in [1.807, 2.05) is 25.1 Å². The minimum atomic E-state index is -2.96. The normalized spacial score (nSPS) is 13.1. The van der Waals surface area contributed by atoms with E-state index in [-0.39, 0.29) is 11.8 Å². The first-order chi connectivity index (χ1) is 8.85. The molecule has 0 amide bonds. The van der Waals surface area contributed by atoms with Crippen molar-refractivity contribution >= 4 is 9.84 Å². The zero-order valence-electron chi connectivity index (χ0n) is 11.8. The molecule has 0 aliphatic rings. The van der Waals surface area contributed by atoms with E-state index in [1.54, 1.807) is 14.2 Å². The molecule has 0 aliphatic carbocycles. The average molecular weight is 287 g/mol. The Morgan fingerprint density at radius 2 is 1.84 bits per heavy atom. The summed E-state index contributed by atoms with van der Waals surface area (Å²) in [6.45, 7) is 2.43. The van der Waals surface area contributed by atoms with Crippen LogP contribution in [0.15, 0.2) is 18.2 Å². The first-order valence-corrected chi connectivity index (χ1v) is 8.03. The molecule has 5 nitrogen and oxygen atoms in total. The molecule has 108 valence electrons. The molecule has 6 heteroatoms. The zero-order valence-corrected chi connectivity index (χ0v) is 12.6. The fourth-order valence-corrected chi connectivity index (χ4v) is 2.82. The van der Waals surface area contributed by atoms with E-state index in [9.17, 15) is 8.42 Å². The fourth-order valence-electron chi connectivity index (χ4n) is 1.80. The lowest BCUT2D eigenvalue weighted by Gasteiger charge is -2.14. The second-order valence-corrected chi connectivity index (χ2v) is 6.75. The molecule has 0 saturated carbocycles. The maximum Gasteiger partial charge on any atom is 0.161 e. The summed E-state index contributed by atoms with van der Waals surface area (Å²) in [5, 5.41) is 3.17. The molecule has 1 atom stereocenters. The highest BCUT2D eigenvalue weighted by Gasteiger charge is 2.10. The van der Waals surface area contributed by atoms with Crippen molar-refractivity contribution in [2.75, 3.05) is 26.2 Å². The Kier molecular flexibility index (Phi) is 5.62. The highest BCUT2D eigenvalue weighted by atomic mass is 32.2. The first kappa shape index (κ1) is 15.8. The monoisotopic (exact) mass is 287 g/mol. The summed E-state index contributed by atoms with van der Waals surface area (Å²) >= 11 is 0. The molecule has 0 aromatic heterocycles. The van der Waals surface area contributed by atoms with Gasteiger partial charge in [0.2, 0.25) is 0 Å². The second kappa shape index (κ2) is 6.77. The third-order valence-electron chi connectivity index (χ3n) is 2.66. The topological polar surface area (TPSA) is 64.6 Å². The summed E-state index contributed by atoms with van der Waals surface area (Å²) in [6.07, 6.45) is 1.24. The molecule has 1 unspecified atom stereocenters. The van der Waals surface area contributed by atoms with Gasteiger partial charge in [-0.1, -0.05) is 6.07 Å². The predicted molar refractivity (Wildman–Crippen MR) is 75.6 cm³/mol. The number of benzene rings is 1. The highest BCUT2D eigenvalue weighted by Crippen LogP contribution is 2.27. The first-order valence-electron chi connectivity index (χ1n) is 5.97. The van der Waals surface area contributed by atoms with Crippen LogP contribution in [0.3, 0.4) is 0 Å². The number of ether oxygens (including phenoxy) is 2. The summed E-state index contributed by atoms with van der Waals surface area (Å²) in [5.41, 5.74) is 1.01. The number of nitrogens with one attached hydrogen (secondary N) is 1.